The van der Waals surface area contributed by atoms with Gasteiger partial charge >= 0.3 is 0 Å². The van der Waals surface area contributed by atoms with Crippen molar-refractivity contribution in [2.24, 2.45) is 0 Å². The molecule has 1 aromatic heterocycles. The summed E-state index contributed by atoms with van der Waals surface area (Å²) in [6, 6.07) is 2.23. The average Bonchev–Trinajstić information content (AvgIpc) is 2.80. The standard InChI is InChI=1S/C15H19NO2S2/c1-11-9-14(20-13(11)5-3-4-7-17)15(18)16-6-8-19-10-12(16)2/h9,12,17H,4,6-8,10H2,1-2H3. The van der Waals surface area contributed by atoms with Crippen molar-refractivity contribution in [3.05, 3.63) is 21.4 Å². The summed E-state index contributed by atoms with van der Waals surface area (Å²) in [6.07, 6.45) is 0.473. The Morgan fingerprint density at radius 1 is 1.60 bits per heavy atom. The van der Waals surface area contributed by atoms with E-state index in [2.05, 4.69) is 18.8 Å². The molecule has 1 saturated heterocycles. The van der Waals surface area contributed by atoms with Crippen LogP contribution < -0.4 is 0 Å². The largest absolute Gasteiger partial charge is 0.395 e. The Kier molecular flexibility index (Phi) is 5.53. The first kappa shape index (κ1) is 15.4. The molecule has 0 aromatic carbocycles. The Morgan fingerprint density at radius 2 is 2.40 bits per heavy atom. The van der Waals surface area contributed by atoms with E-state index in [4.69, 9.17) is 5.11 Å². The van der Waals surface area contributed by atoms with Gasteiger partial charge in [0.05, 0.1) is 16.4 Å². The van der Waals surface area contributed by atoms with Gasteiger partial charge in [0, 0.05) is 30.5 Å². The fourth-order valence-electron chi connectivity index (χ4n) is 2.08. The first-order valence-electron chi connectivity index (χ1n) is 6.72. The van der Waals surface area contributed by atoms with Crippen LogP contribution in [0.4, 0.5) is 0 Å². The van der Waals surface area contributed by atoms with Crippen molar-refractivity contribution >= 4 is 29.0 Å². The molecule has 0 spiro atoms. The molecule has 0 saturated carbocycles. The van der Waals surface area contributed by atoms with Crippen molar-refractivity contribution in [1.82, 2.24) is 4.90 Å². The second kappa shape index (κ2) is 7.16. The number of thiophene rings is 1. The van der Waals surface area contributed by atoms with Gasteiger partial charge in [0.2, 0.25) is 0 Å². The highest BCUT2D eigenvalue weighted by Crippen LogP contribution is 2.25. The molecule has 0 aliphatic carbocycles. The van der Waals surface area contributed by atoms with Gasteiger partial charge in [-0.3, -0.25) is 4.79 Å². The third kappa shape index (κ3) is 3.57. The lowest BCUT2D eigenvalue weighted by molar-refractivity contribution is 0.0721. The summed E-state index contributed by atoms with van der Waals surface area (Å²) >= 11 is 3.37. The van der Waals surface area contributed by atoms with Crippen molar-refractivity contribution in [2.45, 2.75) is 26.3 Å². The summed E-state index contributed by atoms with van der Waals surface area (Å²) in [5.74, 6) is 8.11. The van der Waals surface area contributed by atoms with Gasteiger partial charge in [-0.2, -0.15) is 11.8 Å². The summed E-state index contributed by atoms with van der Waals surface area (Å²) in [6.45, 7) is 4.98. The average molecular weight is 309 g/mol. The van der Waals surface area contributed by atoms with E-state index in [0.717, 1.165) is 33.4 Å². The van der Waals surface area contributed by atoms with Crippen LogP contribution in [0.3, 0.4) is 0 Å². The van der Waals surface area contributed by atoms with E-state index >= 15 is 0 Å². The van der Waals surface area contributed by atoms with Crippen LogP contribution in [0.5, 0.6) is 0 Å². The minimum Gasteiger partial charge on any atom is -0.395 e. The van der Waals surface area contributed by atoms with Crippen LogP contribution in [0.2, 0.25) is 0 Å². The lowest BCUT2D eigenvalue weighted by Crippen LogP contribution is -2.44. The summed E-state index contributed by atoms with van der Waals surface area (Å²) < 4.78 is 0. The maximum Gasteiger partial charge on any atom is 0.264 e. The van der Waals surface area contributed by atoms with Crippen molar-refractivity contribution in [1.29, 1.82) is 0 Å². The summed E-state index contributed by atoms with van der Waals surface area (Å²) in [5, 5.41) is 8.74. The van der Waals surface area contributed by atoms with Gasteiger partial charge in [0.25, 0.3) is 5.91 Å². The number of carbonyl (C=O) groups excluding carboxylic acids is 1. The zero-order chi connectivity index (χ0) is 14.5. The van der Waals surface area contributed by atoms with Gasteiger partial charge in [-0.05, 0) is 25.5 Å². The highest BCUT2D eigenvalue weighted by Gasteiger charge is 2.25. The van der Waals surface area contributed by atoms with Crippen molar-refractivity contribution < 1.29 is 9.90 Å². The maximum absolute atomic E-state index is 12.5. The quantitative estimate of drug-likeness (QED) is 0.853. The summed E-state index contributed by atoms with van der Waals surface area (Å²) in [7, 11) is 0. The SMILES string of the molecule is Cc1cc(C(=O)N2CCSCC2C)sc1C#CCCO. The van der Waals surface area contributed by atoms with Crippen molar-refractivity contribution in [2.75, 3.05) is 24.7 Å². The summed E-state index contributed by atoms with van der Waals surface area (Å²) in [5.41, 5.74) is 1.04. The first-order valence-corrected chi connectivity index (χ1v) is 8.69. The molecule has 1 aromatic rings. The highest BCUT2D eigenvalue weighted by atomic mass is 32.2. The van der Waals surface area contributed by atoms with Crippen LogP contribution in [0.1, 0.15) is 33.5 Å². The minimum absolute atomic E-state index is 0.0756. The summed E-state index contributed by atoms with van der Waals surface area (Å²) in [4.78, 5) is 16.2. The molecule has 108 valence electrons. The van der Waals surface area contributed by atoms with Crippen molar-refractivity contribution in [3.8, 4) is 11.8 Å². The van der Waals surface area contributed by atoms with E-state index in [0.29, 0.717) is 12.5 Å². The fraction of sp³-hybridized carbons (Fsp3) is 0.533. The molecule has 1 N–H and O–H groups in total. The molecule has 5 heteroatoms. The van der Waals surface area contributed by atoms with E-state index < -0.39 is 0 Å². The molecule has 1 aliphatic heterocycles. The smallest absolute Gasteiger partial charge is 0.264 e. The van der Waals surface area contributed by atoms with E-state index in [-0.39, 0.29) is 12.5 Å². The normalized spacial score (nSPS) is 18.6. The lowest BCUT2D eigenvalue weighted by Gasteiger charge is -2.32. The Labute approximate surface area is 128 Å². The maximum atomic E-state index is 12.5. The number of carbonyl (C=O) groups is 1. The van der Waals surface area contributed by atoms with E-state index in [1.165, 1.54) is 11.3 Å². The molecule has 3 nitrogen and oxygen atoms in total. The van der Waals surface area contributed by atoms with Crippen LogP contribution in [-0.4, -0.2) is 46.6 Å². The number of thioether (sulfide) groups is 1. The Balaban J connectivity index is 2.15. The monoisotopic (exact) mass is 309 g/mol. The molecule has 1 fully saturated rings. The molecule has 20 heavy (non-hydrogen) atoms. The number of nitrogens with zero attached hydrogens (tertiary/aromatic N) is 1. The Morgan fingerprint density at radius 3 is 3.10 bits per heavy atom. The molecular weight excluding hydrogens is 290 g/mol. The van der Waals surface area contributed by atoms with Gasteiger partial charge in [-0.1, -0.05) is 11.8 Å². The topological polar surface area (TPSA) is 40.5 Å². The number of aliphatic hydroxyl groups excluding tert-OH is 1. The molecule has 0 bridgehead atoms. The number of hydrogen-bond donors (Lipinski definition) is 1. The molecule has 2 heterocycles. The van der Waals surface area contributed by atoms with Gasteiger partial charge in [0.1, 0.15) is 0 Å². The third-order valence-corrected chi connectivity index (χ3v) is 5.53. The van der Waals surface area contributed by atoms with Crippen LogP contribution >= 0.6 is 23.1 Å². The fourth-order valence-corrected chi connectivity index (χ4v) is 4.10. The van der Waals surface area contributed by atoms with Crippen molar-refractivity contribution in [3.63, 3.8) is 0 Å². The van der Waals surface area contributed by atoms with Gasteiger partial charge in [-0.15, -0.1) is 11.3 Å². The van der Waals surface area contributed by atoms with Crippen LogP contribution in [0, 0.1) is 18.8 Å². The minimum atomic E-state index is 0.0756. The number of hydrogen-bond acceptors (Lipinski definition) is 4. The predicted molar refractivity (Wildman–Crippen MR) is 85.5 cm³/mol. The van der Waals surface area contributed by atoms with E-state index in [1.54, 1.807) is 0 Å². The molecule has 1 unspecified atom stereocenters. The first-order chi connectivity index (χ1) is 9.63. The van der Waals surface area contributed by atoms with Crippen LogP contribution in [-0.2, 0) is 0 Å². The van der Waals surface area contributed by atoms with Crippen LogP contribution in [0.15, 0.2) is 6.07 Å². The Hall–Kier alpha value is -0.960. The number of amides is 1. The van der Waals surface area contributed by atoms with Gasteiger partial charge in [0.15, 0.2) is 0 Å². The zero-order valence-electron chi connectivity index (χ0n) is 11.8. The Bertz CT molecular complexity index is 542. The molecule has 1 aliphatic rings. The molecule has 1 amide bonds. The molecule has 1 atom stereocenters. The predicted octanol–water partition coefficient (Wildman–Crippen LogP) is 2.37. The van der Waals surface area contributed by atoms with Gasteiger partial charge < -0.3 is 10.0 Å². The highest BCUT2D eigenvalue weighted by molar-refractivity contribution is 7.99. The van der Waals surface area contributed by atoms with Gasteiger partial charge in [-0.25, -0.2) is 0 Å². The lowest BCUT2D eigenvalue weighted by atomic mass is 10.2. The van der Waals surface area contributed by atoms with E-state index in [9.17, 15) is 4.79 Å². The number of aryl methyl sites for hydroxylation is 1. The third-order valence-electron chi connectivity index (χ3n) is 3.20. The second-order valence-electron chi connectivity index (χ2n) is 4.82. The zero-order valence-corrected chi connectivity index (χ0v) is 13.4. The second-order valence-corrected chi connectivity index (χ2v) is 7.02. The molecule has 2 rings (SSSR count). The molecule has 0 radical (unpaired) electrons. The number of aliphatic hydroxyl groups is 1. The van der Waals surface area contributed by atoms with E-state index in [1.807, 2.05) is 29.7 Å². The number of rotatable bonds is 2. The van der Waals surface area contributed by atoms with Crippen LogP contribution in [0.25, 0.3) is 0 Å². The molecular formula is C15H19NO2S2.